The first-order valence-electron chi connectivity index (χ1n) is 5.97. The number of nitrogens with one attached hydrogen (secondary N) is 1. The molecule has 0 aromatic heterocycles. The van der Waals surface area contributed by atoms with Crippen molar-refractivity contribution in [1.29, 1.82) is 0 Å². The van der Waals surface area contributed by atoms with E-state index in [0.717, 1.165) is 42.5 Å². The van der Waals surface area contributed by atoms with Crippen molar-refractivity contribution in [3.8, 4) is 5.75 Å². The van der Waals surface area contributed by atoms with E-state index in [1.807, 2.05) is 18.2 Å². The summed E-state index contributed by atoms with van der Waals surface area (Å²) in [5.41, 5.74) is 1.16. The number of benzene rings is 1. The molecule has 102 valence electrons. The normalized spacial score (nSPS) is 20.3. The number of rotatable bonds is 3. The largest absolute Gasteiger partial charge is 0.496 e. The molecule has 1 atom stereocenters. The van der Waals surface area contributed by atoms with E-state index < -0.39 is 0 Å². The molecule has 18 heavy (non-hydrogen) atoms. The van der Waals surface area contributed by atoms with Crippen LogP contribution in [0.3, 0.4) is 0 Å². The van der Waals surface area contributed by atoms with Crippen molar-refractivity contribution < 1.29 is 4.74 Å². The molecule has 1 aliphatic rings. The van der Waals surface area contributed by atoms with Crippen molar-refractivity contribution in [2.45, 2.75) is 19.5 Å². The van der Waals surface area contributed by atoms with Gasteiger partial charge < -0.3 is 10.1 Å². The summed E-state index contributed by atoms with van der Waals surface area (Å²) >= 11 is 6.03. The minimum absolute atomic E-state index is 0. The monoisotopic (exact) mass is 290 g/mol. The third kappa shape index (κ3) is 4.02. The Kier molecular flexibility index (Phi) is 6.22. The lowest BCUT2D eigenvalue weighted by atomic mass is 10.1. The van der Waals surface area contributed by atoms with Gasteiger partial charge in [0.25, 0.3) is 0 Å². The molecule has 0 aliphatic carbocycles. The first-order chi connectivity index (χ1) is 8.19. The predicted molar refractivity (Wildman–Crippen MR) is 78.0 cm³/mol. The zero-order chi connectivity index (χ0) is 12.3. The summed E-state index contributed by atoms with van der Waals surface area (Å²) in [6.07, 6.45) is 0. The maximum absolute atomic E-state index is 6.03. The zero-order valence-corrected chi connectivity index (χ0v) is 12.4. The highest BCUT2D eigenvalue weighted by molar-refractivity contribution is 6.30. The van der Waals surface area contributed by atoms with Crippen molar-refractivity contribution in [3.63, 3.8) is 0 Å². The van der Waals surface area contributed by atoms with Gasteiger partial charge in [-0.15, -0.1) is 12.4 Å². The van der Waals surface area contributed by atoms with Crippen LogP contribution in [-0.2, 0) is 6.54 Å². The highest BCUT2D eigenvalue weighted by Gasteiger charge is 2.17. The Morgan fingerprint density at radius 2 is 2.28 bits per heavy atom. The number of methoxy groups -OCH3 is 1. The molecule has 1 aromatic carbocycles. The molecular weight excluding hydrogens is 271 g/mol. The van der Waals surface area contributed by atoms with E-state index in [4.69, 9.17) is 16.3 Å². The number of halogens is 2. The molecule has 2 rings (SSSR count). The van der Waals surface area contributed by atoms with Crippen molar-refractivity contribution in [2.75, 3.05) is 26.7 Å². The van der Waals surface area contributed by atoms with E-state index in [-0.39, 0.29) is 12.4 Å². The Labute approximate surface area is 120 Å². The summed E-state index contributed by atoms with van der Waals surface area (Å²) in [5, 5.41) is 4.21. The first kappa shape index (κ1) is 15.6. The highest BCUT2D eigenvalue weighted by atomic mass is 35.5. The maximum atomic E-state index is 6.03. The van der Waals surface area contributed by atoms with Crippen LogP contribution in [0.15, 0.2) is 18.2 Å². The molecule has 0 amide bonds. The number of nitrogens with zero attached hydrogens (tertiary/aromatic N) is 1. The molecule has 1 fully saturated rings. The van der Waals surface area contributed by atoms with E-state index >= 15 is 0 Å². The van der Waals surface area contributed by atoms with Crippen LogP contribution in [0.25, 0.3) is 0 Å². The molecule has 1 saturated heterocycles. The Balaban J connectivity index is 0.00000162. The average molecular weight is 291 g/mol. The van der Waals surface area contributed by atoms with Crippen molar-refractivity contribution >= 4 is 24.0 Å². The third-order valence-electron chi connectivity index (χ3n) is 3.09. The Morgan fingerprint density at radius 3 is 2.94 bits per heavy atom. The minimum Gasteiger partial charge on any atom is -0.496 e. The van der Waals surface area contributed by atoms with Crippen molar-refractivity contribution in [3.05, 3.63) is 28.8 Å². The summed E-state index contributed by atoms with van der Waals surface area (Å²) < 4.78 is 5.37. The summed E-state index contributed by atoms with van der Waals surface area (Å²) in [7, 11) is 1.70. The van der Waals surface area contributed by atoms with Gasteiger partial charge in [0.2, 0.25) is 0 Å². The molecule has 1 N–H and O–H groups in total. The van der Waals surface area contributed by atoms with Crippen LogP contribution in [0, 0.1) is 0 Å². The van der Waals surface area contributed by atoms with Gasteiger partial charge in [-0.2, -0.15) is 0 Å². The number of piperazine rings is 1. The SMILES string of the molecule is COc1ccc(Cl)cc1CN1CCNC(C)C1.Cl. The van der Waals surface area contributed by atoms with Gasteiger partial charge in [-0.1, -0.05) is 11.6 Å². The summed E-state index contributed by atoms with van der Waals surface area (Å²) in [6.45, 7) is 6.29. The average Bonchev–Trinajstić information content (AvgIpc) is 2.29. The standard InChI is InChI=1S/C13H19ClN2O.ClH/c1-10-8-16(6-5-15-10)9-11-7-12(14)3-4-13(11)17-2;/h3-4,7,10,15H,5-6,8-9H2,1-2H3;1H. The van der Waals surface area contributed by atoms with Gasteiger partial charge in [-0.05, 0) is 25.1 Å². The lowest BCUT2D eigenvalue weighted by Gasteiger charge is -2.32. The molecule has 5 heteroatoms. The van der Waals surface area contributed by atoms with Crippen LogP contribution in [0.4, 0.5) is 0 Å². The zero-order valence-electron chi connectivity index (χ0n) is 10.8. The van der Waals surface area contributed by atoms with Gasteiger partial charge in [0.05, 0.1) is 7.11 Å². The van der Waals surface area contributed by atoms with Crippen LogP contribution < -0.4 is 10.1 Å². The second-order valence-corrected chi connectivity index (χ2v) is 4.98. The molecule has 0 spiro atoms. The minimum atomic E-state index is 0. The van der Waals surface area contributed by atoms with Crippen LogP contribution in [0.5, 0.6) is 5.75 Å². The van der Waals surface area contributed by atoms with Gasteiger partial charge >= 0.3 is 0 Å². The van der Waals surface area contributed by atoms with E-state index in [0.29, 0.717) is 6.04 Å². The van der Waals surface area contributed by atoms with Gasteiger partial charge in [-0.3, -0.25) is 4.90 Å². The smallest absolute Gasteiger partial charge is 0.123 e. The summed E-state index contributed by atoms with van der Waals surface area (Å²) in [4.78, 5) is 2.43. The molecular formula is C13H20Cl2N2O. The number of hydrogen-bond acceptors (Lipinski definition) is 3. The predicted octanol–water partition coefficient (Wildman–Crippen LogP) is 2.56. The van der Waals surface area contributed by atoms with Gasteiger partial charge in [0.15, 0.2) is 0 Å². The number of hydrogen-bond donors (Lipinski definition) is 1. The number of ether oxygens (including phenoxy) is 1. The molecule has 0 saturated carbocycles. The lowest BCUT2D eigenvalue weighted by molar-refractivity contribution is 0.197. The van der Waals surface area contributed by atoms with E-state index in [2.05, 4.69) is 17.1 Å². The quantitative estimate of drug-likeness (QED) is 0.926. The maximum Gasteiger partial charge on any atom is 0.123 e. The molecule has 1 aromatic rings. The topological polar surface area (TPSA) is 24.5 Å². The first-order valence-corrected chi connectivity index (χ1v) is 6.35. The molecule has 3 nitrogen and oxygen atoms in total. The Bertz CT molecular complexity index is 387. The van der Waals surface area contributed by atoms with E-state index in [9.17, 15) is 0 Å². The fraction of sp³-hybridized carbons (Fsp3) is 0.538. The molecule has 1 aliphatic heterocycles. The van der Waals surface area contributed by atoms with Crippen molar-refractivity contribution in [2.24, 2.45) is 0 Å². The van der Waals surface area contributed by atoms with Crippen LogP contribution in [0.2, 0.25) is 5.02 Å². The van der Waals surface area contributed by atoms with Gasteiger partial charge in [0.1, 0.15) is 5.75 Å². The van der Waals surface area contributed by atoms with E-state index in [1.54, 1.807) is 7.11 Å². The fourth-order valence-electron chi connectivity index (χ4n) is 2.27. The highest BCUT2D eigenvalue weighted by Crippen LogP contribution is 2.24. The van der Waals surface area contributed by atoms with Crippen LogP contribution in [0.1, 0.15) is 12.5 Å². The second-order valence-electron chi connectivity index (χ2n) is 4.55. The van der Waals surface area contributed by atoms with Gasteiger partial charge in [0, 0.05) is 42.8 Å². The second kappa shape index (κ2) is 7.19. The molecule has 1 unspecified atom stereocenters. The summed E-state index contributed by atoms with van der Waals surface area (Å²) in [6, 6.07) is 6.34. The lowest BCUT2D eigenvalue weighted by Crippen LogP contribution is -2.48. The summed E-state index contributed by atoms with van der Waals surface area (Å²) in [5.74, 6) is 0.917. The van der Waals surface area contributed by atoms with E-state index in [1.165, 1.54) is 0 Å². The molecule has 0 bridgehead atoms. The van der Waals surface area contributed by atoms with Crippen LogP contribution in [-0.4, -0.2) is 37.7 Å². The Hall–Kier alpha value is -0.480. The Morgan fingerprint density at radius 1 is 1.50 bits per heavy atom. The molecule has 0 radical (unpaired) electrons. The molecule has 1 heterocycles. The van der Waals surface area contributed by atoms with Crippen LogP contribution >= 0.6 is 24.0 Å². The fourth-order valence-corrected chi connectivity index (χ4v) is 2.46. The van der Waals surface area contributed by atoms with Gasteiger partial charge in [-0.25, -0.2) is 0 Å². The third-order valence-corrected chi connectivity index (χ3v) is 3.32. The van der Waals surface area contributed by atoms with Crippen molar-refractivity contribution in [1.82, 2.24) is 10.2 Å².